The summed E-state index contributed by atoms with van der Waals surface area (Å²) in [7, 11) is -3.69. The fraction of sp³-hybridized carbons (Fsp3) is 0.400. The fourth-order valence-electron chi connectivity index (χ4n) is 1.49. The van der Waals surface area contributed by atoms with E-state index in [2.05, 4.69) is 10.2 Å². The number of aromatic nitrogens is 4. The predicted molar refractivity (Wildman–Crippen MR) is 65.3 cm³/mol. The monoisotopic (exact) mass is 269 g/mol. The predicted octanol–water partition coefficient (Wildman–Crippen LogP) is 0.356. The summed E-state index contributed by atoms with van der Waals surface area (Å²) in [5.74, 6) is 0. The first-order valence-corrected chi connectivity index (χ1v) is 7.00. The molecule has 2 aromatic rings. The SMILES string of the molecule is CC(C)n1ccc(Cn2cc(S(N)(=O)=O)cn2)n1. The minimum absolute atomic E-state index is 0.00536. The average Bonchev–Trinajstić information content (AvgIpc) is 2.85. The molecule has 0 radical (unpaired) electrons. The Morgan fingerprint density at radius 2 is 2.17 bits per heavy atom. The van der Waals surface area contributed by atoms with Crippen LogP contribution in [0.1, 0.15) is 25.6 Å². The Balaban J connectivity index is 2.16. The van der Waals surface area contributed by atoms with Gasteiger partial charge in [-0.15, -0.1) is 0 Å². The number of rotatable bonds is 4. The van der Waals surface area contributed by atoms with E-state index in [1.807, 2.05) is 30.8 Å². The molecule has 0 spiro atoms. The van der Waals surface area contributed by atoms with Crippen molar-refractivity contribution in [3.05, 3.63) is 30.4 Å². The van der Waals surface area contributed by atoms with Gasteiger partial charge in [-0.25, -0.2) is 13.6 Å². The first-order valence-electron chi connectivity index (χ1n) is 5.45. The third-order valence-electron chi connectivity index (χ3n) is 2.45. The molecule has 2 rings (SSSR count). The molecule has 18 heavy (non-hydrogen) atoms. The molecule has 0 unspecified atom stereocenters. The van der Waals surface area contributed by atoms with Crippen LogP contribution in [-0.2, 0) is 16.6 Å². The van der Waals surface area contributed by atoms with Crippen molar-refractivity contribution in [1.82, 2.24) is 19.6 Å². The number of nitrogens with two attached hydrogens (primary N) is 1. The lowest BCUT2D eigenvalue weighted by molar-refractivity contribution is 0.520. The molecular weight excluding hydrogens is 254 g/mol. The minimum atomic E-state index is -3.69. The zero-order valence-electron chi connectivity index (χ0n) is 10.2. The normalized spacial score (nSPS) is 12.2. The number of nitrogens with zero attached hydrogens (tertiary/aromatic N) is 4. The highest BCUT2D eigenvalue weighted by Crippen LogP contribution is 2.08. The molecule has 0 saturated heterocycles. The van der Waals surface area contributed by atoms with Gasteiger partial charge >= 0.3 is 0 Å². The van der Waals surface area contributed by atoms with Gasteiger partial charge in [0.2, 0.25) is 10.0 Å². The summed E-state index contributed by atoms with van der Waals surface area (Å²) in [6.07, 6.45) is 4.50. The van der Waals surface area contributed by atoms with Crippen molar-refractivity contribution in [2.75, 3.05) is 0 Å². The number of primary sulfonamides is 1. The molecule has 2 aromatic heterocycles. The summed E-state index contributed by atoms with van der Waals surface area (Å²) in [6, 6.07) is 2.16. The van der Waals surface area contributed by atoms with Gasteiger partial charge in [-0.05, 0) is 19.9 Å². The fourth-order valence-corrected chi connectivity index (χ4v) is 1.96. The Morgan fingerprint density at radius 3 is 2.67 bits per heavy atom. The molecule has 2 heterocycles. The minimum Gasteiger partial charge on any atom is -0.270 e. The lowest BCUT2D eigenvalue weighted by Crippen LogP contribution is -2.11. The smallest absolute Gasteiger partial charge is 0.241 e. The summed E-state index contributed by atoms with van der Waals surface area (Å²) in [5, 5.41) is 13.3. The second kappa shape index (κ2) is 4.54. The Kier molecular flexibility index (Phi) is 3.22. The van der Waals surface area contributed by atoms with E-state index in [0.717, 1.165) is 5.69 Å². The van der Waals surface area contributed by atoms with Crippen molar-refractivity contribution in [2.45, 2.75) is 31.3 Å². The highest BCUT2D eigenvalue weighted by atomic mass is 32.2. The van der Waals surface area contributed by atoms with Gasteiger partial charge in [-0.3, -0.25) is 9.36 Å². The summed E-state index contributed by atoms with van der Waals surface area (Å²) < 4.78 is 25.5. The second-order valence-electron chi connectivity index (χ2n) is 4.30. The topological polar surface area (TPSA) is 95.8 Å². The Morgan fingerprint density at radius 1 is 1.44 bits per heavy atom. The molecular formula is C10H15N5O2S. The van der Waals surface area contributed by atoms with Crippen LogP contribution in [0.5, 0.6) is 0 Å². The summed E-state index contributed by atoms with van der Waals surface area (Å²) >= 11 is 0. The molecule has 0 amide bonds. The van der Waals surface area contributed by atoms with Crippen molar-refractivity contribution in [2.24, 2.45) is 5.14 Å². The Hall–Kier alpha value is -1.67. The third kappa shape index (κ3) is 2.77. The molecule has 98 valence electrons. The van der Waals surface area contributed by atoms with Crippen molar-refractivity contribution in [3.8, 4) is 0 Å². The molecule has 0 atom stereocenters. The zero-order valence-corrected chi connectivity index (χ0v) is 11.0. The van der Waals surface area contributed by atoms with E-state index in [0.29, 0.717) is 6.54 Å². The van der Waals surface area contributed by atoms with E-state index in [-0.39, 0.29) is 10.9 Å². The van der Waals surface area contributed by atoms with Crippen molar-refractivity contribution >= 4 is 10.0 Å². The van der Waals surface area contributed by atoms with E-state index < -0.39 is 10.0 Å². The van der Waals surface area contributed by atoms with Gasteiger partial charge in [-0.2, -0.15) is 10.2 Å². The van der Waals surface area contributed by atoms with Crippen LogP contribution in [0.15, 0.2) is 29.6 Å². The Bertz CT molecular complexity index is 641. The summed E-state index contributed by atoms with van der Waals surface area (Å²) in [6.45, 7) is 4.48. The number of hydrogen-bond acceptors (Lipinski definition) is 4. The maximum atomic E-state index is 11.1. The molecule has 0 saturated carbocycles. The lowest BCUT2D eigenvalue weighted by atomic mass is 10.4. The molecule has 0 aliphatic rings. The highest BCUT2D eigenvalue weighted by molar-refractivity contribution is 7.89. The van der Waals surface area contributed by atoms with E-state index in [1.165, 1.54) is 17.1 Å². The van der Waals surface area contributed by atoms with Crippen molar-refractivity contribution < 1.29 is 8.42 Å². The van der Waals surface area contributed by atoms with Gasteiger partial charge in [0.15, 0.2) is 0 Å². The molecule has 8 heteroatoms. The molecule has 0 bridgehead atoms. The van der Waals surface area contributed by atoms with Crippen LogP contribution in [0.2, 0.25) is 0 Å². The van der Waals surface area contributed by atoms with Gasteiger partial charge in [0.25, 0.3) is 0 Å². The maximum Gasteiger partial charge on any atom is 0.241 e. The summed E-state index contributed by atoms with van der Waals surface area (Å²) in [5.41, 5.74) is 0.813. The number of sulfonamides is 1. The van der Waals surface area contributed by atoms with E-state index in [4.69, 9.17) is 5.14 Å². The van der Waals surface area contributed by atoms with Gasteiger partial charge in [0, 0.05) is 18.4 Å². The van der Waals surface area contributed by atoms with E-state index in [9.17, 15) is 8.42 Å². The molecule has 0 aliphatic carbocycles. The third-order valence-corrected chi connectivity index (χ3v) is 3.32. The largest absolute Gasteiger partial charge is 0.270 e. The zero-order chi connectivity index (χ0) is 13.3. The van der Waals surface area contributed by atoms with Crippen LogP contribution >= 0.6 is 0 Å². The van der Waals surface area contributed by atoms with Gasteiger partial charge in [-0.1, -0.05) is 0 Å². The van der Waals surface area contributed by atoms with Crippen LogP contribution in [-0.4, -0.2) is 28.0 Å². The molecule has 7 nitrogen and oxygen atoms in total. The van der Waals surface area contributed by atoms with Gasteiger partial charge < -0.3 is 0 Å². The van der Waals surface area contributed by atoms with Crippen molar-refractivity contribution in [3.63, 3.8) is 0 Å². The molecule has 0 fully saturated rings. The lowest BCUT2D eigenvalue weighted by Gasteiger charge is -2.03. The van der Waals surface area contributed by atoms with Gasteiger partial charge in [0.1, 0.15) is 4.90 Å². The Labute approximate surface area is 105 Å². The molecule has 0 aliphatic heterocycles. The summed E-state index contributed by atoms with van der Waals surface area (Å²) in [4.78, 5) is 0.00536. The van der Waals surface area contributed by atoms with E-state index >= 15 is 0 Å². The average molecular weight is 269 g/mol. The van der Waals surface area contributed by atoms with E-state index in [1.54, 1.807) is 0 Å². The second-order valence-corrected chi connectivity index (χ2v) is 5.86. The highest BCUT2D eigenvalue weighted by Gasteiger charge is 2.11. The first kappa shape index (κ1) is 12.8. The van der Waals surface area contributed by atoms with Crippen LogP contribution in [0.3, 0.4) is 0 Å². The maximum absolute atomic E-state index is 11.1. The van der Waals surface area contributed by atoms with Crippen LogP contribution < -0.4 is 5.14 Å². The van der Waals surface area contributed by atoms with Crippen molar-refractivity contribution in [1.29, 1.82) is 0 Å². The van der Waals surface area contributed by atoms with Crippen LogP contribution in [0.4, 0.5) is 0 Å². The van der Waals surface area contributed by atoms with Gasteiger partial charge in [0.05, 0.1) is 18.4 Å². The number of hydrogen-bond donors (Lipinski definition) is 1. The first-order chi connectivity index (χ1) is 8.36. The quantitative estimate of drug-likeness (QED) is 0.866. The van der Waals surface area contributed by atoms with Crippen LogP contribution in [0.25, 0.3) is 0 Å². The van der Waals surface area contributed by atoms with Crippen LogP contribution in [0, 0.1) is 0 Å². The molecule has 0 aromatic carbocycles. The molecule has 2 N–H and O–H groups in total. The standard InChI is InChI=1S/C10H15N5O2S/c1-8(2)15-4-3-9(13-15)6-14-7-10(5-12-14)18(11,16)17/h3-5,7-8H,6H2,1-2H3,(H2,11,16,17).